The van der Waals surface area contributed by atoms with Gasteiger partial charge < -0.3 is 10.6 Å². The van der Waals surface area contributed by atoms with Crippen LogP contribution in [-0.4, -0.2) is 42.5 Å². The summed E-state index contributed by atoms with van der Waals surface area (Å²) in [5, 5.41) is 8.00. The number of likely N-dealkylation sites (tertiary alicyclic amines) is 1. The summed E-state index contributed by atoms with van der Waals surface area (Å²) in [4.78, 5) is 12.8. The van der Waals surface area contributed by atoms with Crippen LogP contribution >= 0.6 is 35.3 Å². The smallest absolute Gasteiger partial charge is 0.191 e. The van der Waals surface area contributed by atoms with Crippen molar-refractivity contribution in [3.05, 3.63) is 51.5 Å². The molecule has 3 rings (SSSR count). The lowest BCUT2D eigenvalue weighted by Crippen LogP contribution is -2.42. The van der Waals surface area contributed by atoms with Crippen molar-refractivity contribution in [3.63, 3.8) is 0 Å². The molecular weight excluding hydrogens is 469 g/mol. The van der Waals surface area contributed by atoms with E-state index >= 15 is 0 Å². The zero-order valence-corrected chi connectivity index (χ0v) is 19.5. The summed E-state index contributed by atoms with van der Waals surface area (Å²) in [6.07, 6.45) is 2.58. The molecule has 1 fully saturated rings. The lowest BCUT2D eigenvalue weighted by molar-refractivity contribution is 0.245. The molecule has 2 heterocycles. The number of aryl methyl sites for hydroxylation is 2. The topological polar surface area (TPSA) is 52.6 Å². The number of halogens is 1. The molecule has 0 radical (unpaired) electrons. The van der Waals surface area contributed by atoms with Crippen LogP contribution in [0.3, 0.4) is 0 Å². The molecule has 27 heavy (non-hydrogen) atoms. The number of aromatic nitrogens is 1. The van der Waals surface area contributed by atoms with Gasteiger partial charge in [0.05, 0.1) is 18.3 Å². The fourth-order valence-electron chi connectivity index (χ4n) is 3.37. The highest BCUT2D eigenvalue weighted by atomic mass is 127. The molecule has 5 nitrogen and oxygen atoms in total. The number of aliphatic imine (C=N–C) groups is 1. The standard InChI is InChI=1S/C20H29N5S.HI/c1-15-16(2)26-19(24-15)14-23-20(21-3)22-13-18(25-11-7-8-12-25)17-9-5-4-6-10-17;/h4-6,9-10,18H,7-8,11-14H2,1-3H3,(H2,21,22,23);1H. The van der Waals surface area contributed by atoms with E-state index in [1.165, 1.54) is 36.4 Å². The van der Waals surface area contributed by atoms with Crippen LogP contribution in [0.15, 0.2) is 35.3 Å². The molecule has 1 unspecified atom stereocenters. The summed E-state index contributed by atoms with van der Waals surface area (Å²) >= 11 is 1.74. The maximum absolute atomic E-state index is 4.59. The van der Waals surface area contributed by atoms with E-state index in [2.05, 4.69) is 69.7 Å². The molecule has 1 aromatic carbocycles. The predicted octanol–water partition coefficient (Wildman–Crippen LogP) is 3.88. The van der Waals surface area contributed by atoms with Crippen LogP contribution < -0.4 is 10.6 Å². The third-order valence-electron chi connectivity index (χ3n) is 4.93. The van der Waals surface area contributed by atoms with E-state index in [9.17, 15) is 0 Å². The Bertz CT molecular complexity index is 706. The van der Waals surface area contributed by atoms with Gasteiger partial charge in [-0.05, 0) is 45.3 Å². The van der Waals surface area contributed by atoms with Gasteiger partial charge in [-0.15, -0.1) is 35.3 Å². The Morgan fingerprint density at radius 3 is 2.48 bits per heavy atom. The van der Waals surface area contributed by atoms with Crippen LogP contribution in [0.25, 0.3) is 0 Å². The predicted molar refractivity (Wildman–Crippen MR) is 125 cm³/mol. The molecule has 148 valence electrons. The van der Waals surface area contributed by atoms with Gasteiger partial charge in [-0.2, -0.15) is 0 Å². The second-order valence-electron chi connectivity index (χ2n) is 6.73. The number of hydrogen-bond donors (Lipinski definition) is 2. The number of nitrogens with zero attached hydrogens (tertiary/aromatic N) is 3. The zero-order chi connectivity index (χ0) is 18.4. The molecule has 0 saturated carbocycles. The Morgan fingerprint density at radius 1 is 1.19 bits per heavy atom. The molecular formula is C20H30IN5S. The normalized spacial score (nSPS) is 16.0. The average molecular weight is 499 g/mol. The molecule has 0 aliphatic carbocycles. The largest absolute Gasteiger partial charge is 0.354 e. The van der Waals surface area contributed by atoms with Crippen molar-refractivity contribution < 1.29 is 0 Å². The minimum Gasteiger partial charge on any atom is -0.354 e. The number of thiazole rings is 1. The van der Waals surface area contributed by atoms with Crippen molar-refractivity contribution in [1.29, 1.82) is 0 Å². The minimum absolute atomic E-state index is 0. The number of hydrogen-bond acceptors (Lipinski definition) is 4. The fourth-order valence-corrected chi connectivity index (χ4v) is 4.25. The Hall–Kier alpha value is -1.19. The molecule has 1 aromatic heterocycles. The van der Waals surface area contributed by atoms with E-state index in [4.69, 9.17) is 0 Å². The summed E-state index contributed by atoms with van der Waals surface area (Å²) < 4.78 is 0. The van der Waals surface area contributed by atoms with Gasteiger partial charge in [0, 0.05) is 18.5 Å². The summed E-state index contributed by atoms with van der Waals surface area (Å²) in [6, 6.07) is 11.2. The van der Waals surface area contributed by atoms with Crippen molar-refractivity contribution in [2.24, 2.45) is 4.99 Å². The zero-order valence-electron chi connectivity index (χ0n) is 16.4. The second-order valence-corrected chi connectivity index (χ2v) is 8.01. The quantitative estimate of drug-likeness (QED) is 0.360. The number of nitrogens with one attached hydrogen (secondary N) is 2. The van der Waals surface area contributed by atoms with Crippen LogP contribution in [0.2, 0.25) is 0 Å². The van der Waals surface area contributed by atoms with Crippen molar-refractivity contribution in [1.82, 2.24) is 20.5 Å². The average Bonchev–Trinajstić information content (AvgIpc) is 3.29. The van der Waals surface area contributed by atoms with Gasteiger partial charge in [-0.1, -0.05) is 30.3 Å². The minimum atomic E-state index is 0. The molecule has 1 atom stereocenters. The SMILES string of the molecule is CN=C(NCc1nc(C)c(C)s1)NCC(c1ccccc1)N1CCCC1.I. The summed E-state index contributed by atoms with van der Waals surface area (Å²) in [5.74, 6) is 0.829. The molecule has 0 bridgehead atoms. The van der Waals surface area contributed by atoms with Crippen LogP contribution in [0.5, 0.6) is 0 Å². The third kappa shape index (κ3) is 6.15. The first-order valence-electron chi connectivity index (χ1n) is 9.34. The van der Waals surface area contributed by atoms with Crippen molar-refractivity contribution in [2.45, 2.75) is 39.3 Å². The highest BCUT2D eigenvalue weighted by molar-refractivity contribution is 14.0. The van der Waals surface area contributed by atoms with Crippen LogP contribution in [0, 0.1) is 13.8 Å². The molecule has 1 aliphatic rings. The van der Waals surface area contributed by atoms with Gasteiger partial charge in [0.25, 0.3) is 0 Å². The van der Waals surface area contributed by atoms with Crippen LogP contribution in [0.1, 0.15) is 40.0 Å². The molecule has 2 aromatic rings. The van der Waals surface area contributed by atoms with E-state index < -0.39 is 0 Å². The highest BCUT2D eigenvalue weighted by Gasteiger charge is 2.23. The first kappa shape index (κ1) is 22.1. The van der Waals surface area contributed by atoms with E-state index in [1.54, 1.807) is 11.3 Å². The third-order valence-corrected chi connectivity index (χ3v) is 6.00. The van der Waals surface area contributed by atoms with Crippen molar-refractivity contribution in [2.75, 3.05) is 26.7 Å². The molecule has 1 aliphatic heterocycles. The Labute approximate surface area is 183 Å². The molecule has 1 saturated heterocycles. The summed E-state index contributed by atoms with van der Waals surface area (Å²) in [6.45, 7) is 8.07. The summed E-state index contributed by atoms with van der Waals surface area (Å²) in [5.41, 5.74) is 2.48. The lowest BCUT2D eigenvalue weighted by atomic mass is 10.1. The highest BCUT2D eigenvalue weighted by Crippen LogP contribution is 2.24. The monoisotopic (exact) mass is 499 g/mol. The van der Waals surface area contributed by atoms with Crippen molar-refractivity contribution >= 4 is 41.3 Å². The van der Waals surface area contributed by atoms with Crippen LogP contribution in [-0.2, 0) is 6.54 Å². The Kier molecular flexibility index (Phi) is 8.98. The van der Waals surface area contributed by atoms with Crippen molar-refractivity contribution in [3.8, 4) is 0 Å². The molecule has 7 heteroatoms. The van der Waals surface area contributed by atoms with E-state index in [1.807, 2.05) is 7.05 Å². The van der Waals surface area contributed by atoms with Gasteiger partial charge in [-0.25, -0.2) is 4.98 Å². The Morgan fingerprint density at radius 2 is 1.89 bits per heavy atom. The van der Waals surface area contributed by atoms with Gasteiger partial charge in [0.1, 0.15) is 5.01 Å². The van der Waals surface area contributed by atoms with E-state index in [0.717, 1.165) is 23.2 Å². The maximum atomic E-state index is 4.59. The maximum Gasteiger partial charge on any atom is 0.191 e. The number of guanidine groups is 1. The van der Waals surface area contributed by atoms with Crippen LogP contribution in [0.4, 0.5) is 0 Å². The van der Waals surface area contributed by atoms with Gasteiger partial charge in [0.2, 0.25) is 0 Å². The second kappa shape index (κ2) is 11.0. The first-order chi connectivity index (χ1) is 12.7. The Balaban J connectivity index is 0.00000261. The molecule has 0 spiro atoms. The van der Waals surface area contributed by atoms with E-state index in [-0.39, 0.29) is 24.0 Å². The lowest BCUT2D eigenvalue weighted by Gasteiger charge is -2.28. The van der Waals surface area contributed by atoms with Gasteiger partial charge >= 0.3 is 0 Å². The molecule has 0 amide bonds. The van der Waals surface area contributed by atoms with Gasteiger partial charge in [-0.3, -0.25) is 9.89 Å². The fraction of sp³-hybridized carbons (Fsp3) is 0.500. The number of benzene rings is 1. The summed E-state index contributed by atoms with van der Waals surface area (Å²) in [7, 11) is 1.82. The van der Waals surface area contributed by atoms with Gasteiger partial charge in [0.15, 0.2) is 5.96 Å². The first-order valence-corrected chi connectivity index (χ1v) is 10.2. The number of rotatable bonds is 6. The van der Waals surface area contributed by atoms with E-state index in [0.29, 0.717) is 12.6 Å². The molecule has 2 N–H and O–H groups in total.